The highest BCUT2D eigenvalue weighted by Gasteiger charge is 2.51. The van der Waals surface area contributed by atoms with E-state index in [1.54, 1.807) is 0 Å². The monoisotopic (exact) mass is 264 g/mol. The van der Waals surface area contributed by atoms with Gasteiger partial charge in [0.25, 0.3) is 0 Å². The van der Waals surface area contributed by atoms with Gasteiger partial charge in [0.1, 0.15) is 17.6 Å². The lowest BCUT2D eigenvalue weighted by atomic mass is 9.96. The molecule has 2 aliphatic heterocycles. The maximum absolute atomic E-state index is 14.0. The van der Waals surface area contributed by atoms with E-state index in [1.807, 2.05) is 6.92 Å². The normalized spacial score (nSPS) is 45.5. The van der Waals surface area contributed by atoms with Crippen LogP contribution in [0.3, 0.4) is 0 Å². The van der Waals surface area contributed by atoms with Crippen molar-refractivity contribution in [2.75, 3.05) is 6.54 Å². The van der Waals surface area contributed by atoms with Crippen molar-refractivity contribution in [1.29, 1.82) is 0 Å². The number of aliphatic hydroxyl groups is 2. The minimum Gasteiger partial charge on any atom is -0.391 e. The minimum absolute atomic E-state index is 0.446. The van der Waals surface area contributed by atoms with E-state index in [2.05, 4.69) is 10.3 Å². The van der Waals surface area contributed by atoms with Gasteiger partial charge in [-0.05, 0) is 13.8 Å². The van der Waals surface area contributed by atoms with Gasteiger partial charge in [0.05, 0.1) is 12.1 Å². The molecule has 2 rings (SSSR count). The van der Waals surface area contributed by atoms with Crippen LogP contribution in [0.4, 0.5) is 4.39 Å². The number of hydrogen-bond donors (Lipinski definition) is 3. The molecule has 3 N–H and O–H groups in total. The number of aliphatic imine (C=N–C) groups is 1. The van der Waals surface area contributed by atoms with Crippen molar-refractivity contribution in [1.82, 2.24) is 5.32 Å². The van der Waals surface area contributed by atoms with Crippen LogP contribution in [-0.4, -0.2) is 57.9 Å². The Morgan fingerprint density at radius 1 is 1.65 bits per heavy atom. The summed E-state index contributed by atoms with van der Waals surface area (Å²) in [6.07, 6.45) is -4.57. The van der Waals surface area contributed by atoms with Crippen LogP contribution in [0.1, 0.15) is 13.8 Å². The van der Waals surface area contributed by atoms with E-state index in [1.165, 1.54) is 18.7 Å². The van der Waals surface area contributed by atoms with Gasteiger partial charge in [-0.3, -0.25) is 4.99 Å². The molecular weight excluding hydrogens is 247 g/mol. The molecule has 2 heterocycles. The van der Waals surface area contributed by atoms with E-state index in [4.69, 9.17) is 4.74 Å². The van der Waals surface area contributed by atoms with Crippen LogP contribution in [0, 0.1) is 0 Å². The second kappa shape index (κ2) is 5.09. The molecule has 0 aromatic rings. The summed E-state index contributed by atoms with van der Waals surface area (Å²) in [6.45, 7) is 3.97. The van der Waals surface area contributed by atoms with Gasteiger partial charge >= 0.3 is 0 Å². The van der Waals surface area contributed by atoms with Gasteiger partial charge in [-0.15, -0.1) is 0 Å². The molecule has 6 atom stereocenters. The Morgan fingerprint density at radius 2 is 2.35 bits per heavy atom. The van der Waals surface area contributed by atoms with Crippen molar-refractivity contribution < 1.29 is 19.3 Å². The molecule has 0 aliphatic carbocycles. The Balaban J connectivity index is 2.12. The van der Waals surface area contributed by atoms with Crippen LogP contribution in [-0.2, 0) is 4.74 Å². The summed E-state index contributed by atoms with van der Waals surface area (Å²) in [5.41, 5.74) is -0.446. The van der Waals surface area contributed by atoms with E-state index in [9.17, 15) is 14.6 Å². The SMILES string of the molecule is CCN=C1N[C@@H]2[C@@H](F)[C@H](O)[C@@H]([C@H](C)O)O[C@@H]2S1. The molecule has 0 amide bonds. The smallest absolute Gasteiger partial charge is 0.159 e. The average Bonchev–Trinajstić information content (AvgIpc) is 2.66. The lowest BCUT2D eigenvalue weighted by Crippen LogP contribution is -2.59. The van der Waals surface area contributed by atoms with Crippen LogP contribution < -0.4 is 5.32 Å². The summed E-state index contributed by atoms with van der Waals surface area (Å²) in [5.74, 6) is 0. The fraction of sp³-hybridized carbons (Fsp3) is 0.900. The largest absolute Gasteiger partial charge is 0.391 e. The number of nitrogens with zero attached hydrogens (tertiary/aromatic N) is 1. The highest BCUT2D eigenvalue weighted by molar-refractivity contribution is 8.14. The molecule has 2 saturated heterocycles. The molecule has 2 aliphatic rings. The third kappa shape index (κ3) is 2.42. The maximum atomic E-state index is 14.0. The number of ether oxygens (including phenoxy) is 1. The number of fused-ring (bicyclic) bond motifs is 1. The van der Waals surface area contributed by atoms with Crippen molar-refractivity contribution in [3.05, 3.63) is 0 Å². The number of thioether (sulfide) groups is 1. The van der Waals surface area contributed by atoms with Gasteiger partial charge in [-0.25, -0.2) is 4.39 Å². The summed E-state index contributed by atoms with van der Waals surface area (Å²) < 4.78 is 19.5. The van der Waals surface area contributed by atoms with E-state index >= 15 is 0 Å². The molecule has 0 radical (unpaired) electrons. The summed E-state index contributed by atoms with van der Waals surface area (Å²) in [5, 5.41) is 22.7. The number of aliphatic hydroxyl groups excluding tert-OH is 2. The molecule has 17 heavy (non-hydrogen) atoms. The molecule has 2 fully saturated rings. The van der Waals surface area contributed by atoms with Crippen molar-refractivity contribution >= 4 is 16.9 Å². The zero-order chi connectivity index (χ0) is 12.6. The molecular formula is C10H17FN2O3S. The Morgan fingerprint density at radius 3 is 2.94 bits per heavy atom. The second-order valence-corrected chi connectivity index (χ2v) is 5.30. The van der Waals surface area contributed by atoms with Gasteiger partial charge < -0.3 is 20.3 Å². The van der Waals surface area contributed by atoms with Gasteiger partial charge in [0.2, 0.25) is 0 Å². The Labute approximate surface area is 103 Å². The average molecular weight is 264 g/mol. The van der Waals surface area contributed by atoms with Crippen LogP contribution in [0.15, 0.2) is 4.99 Å². The molecule has 0 spiro atoms. The summed E-state index contributed by atoms with van der Waals surface area (Å²) in [6, 6.07) is -0.602. The standard InChI is InChI=1S/C10H17FN2O3S/c1-3-12-10-13-6-5(11)7(15)8(4(2)14)16-9(6)17-10/h4-9,14-15H,3H2,1-2H3,(H,12,13)/t4-,5+,6+,7-,8+,9+/m0/s1. The molecule has 0 unspecified atom stereocenters. The first kappa shape index (κ1) is 13.1. The third-order valence-corrected chi connectivity index (χ3v) is 3.99. The predicted octanol–water partition coefficient (Wildman–Crippen LogP) is -0.128. The summed E-state index contributed by atoms with van der Waals surface area (Å²) in [7, 11) is 0. The number of rotatable bonds is 2. The van der Waals surface area contributed by atoms with Gasteiger partial charge in [-0.2, -0.15) is 0 Å². The lowest BCUT2D eigenvalue weighted by molar-refractivity contribution is -0.167. The highest BCUT2D eigenvalue weighted by atomic mass is 32.2. The van der Waals surface area contributed by atoms with E-state index in [-0.39, 0.29) is 0 Å². The van der Waals surface area contributed by atoms with E-state index in [0.717, 1.165) is 0 Å². The van der Waals surface area contributed by atoms with Crippen molar-refractivity contribution in [3.8, 4) is 0 Å². The molecule has 0 aromatic heterocycles. The second-order valence-electron chi connectivity index (χ2n) is 4.21. The molecule has 5 nitrogen and oxygen atoms in total. The molecule has 0 bridgehead atoms. The Bertz CT molecular complexity index is 316. The lowest BCUT2D eigenvalue weighted by Gasteiger charge is -2.38. The Kier molecular flexibility index (Phi) is 3.92. The van der Waals surface area contributed by atoms with Crippen molar-refractivity contribution in [2.24, 2.45) is 4.99 Å². The van der Waals surface area contributed by atoms with Crippen molar-refractivity contribution in [2.45, 2.75) is 49.8 Å². The van der Waals surface area contributed by atoms with Crippen LogP contribution in [0.2, 0.25) is 0 Å². The molecule has 0 saturated carbocycles. The number of hydrogen-bond acceptors (Lipinski definition) is 5. The quantitative estimate of drug-likeness (QED) is 0.648. The zero-order valence-corrected chi connectivity index (χ0v) is 10.5. The Hall–Kier alpha value is -0.370. The third-order valence-electron chi connectivity index (χ3n) is 2.89. The minimum atomic E-state index is -1.47. The van der Waals surface area contributed by atoms with Crippen LogP contribution >= 0.6 is 11.8 Å². The van der Waals surface area contributed by atoms with Gasteiger partial charge in [-0.1, -0.05) is 11.8 Å². The van der Waals surface area contributed by atoms with E-state index in [0.29, 0.717) is 11.7 Å². The number of amidine groups is 1. The fourth-order valence-electron chi connectivity index (χ4n) is 2.02. The van der Waals surface area contributed by atoms with Crippen LogP contribution in [0.25, 0.3) is 0 Å². The maximum Gasteiger partial charge on any atom is 0.159 e. The number of alkyl halides is 1. The fourth-order valence-corrected chi connectivity index (χ4v) is 3.20. The van der Waals surface area contributed by atoms with E-state index < -0.39 is 36.0 Å². The predicted molar refractivity (Wildman–Crippen MR) is 63.7 cm³/mol. The van der Waals surface area contributed by atoms with Gasteiger partial charge in [0.15, 0.2) is 11.3 Å². The van der Waals surface area contributed by atoms with Gasteiger partial charge in [0, 0.05) is 6.54 Å². The summed E-state index contributed by atoms with van der Waals surface area (Å²) >= 11 is 1.30. The van der Waals surface area contributed by atoms with Crippen LogP contribution in [0.5, 0.6) is 0 Å². The number of nitrogens with one attached hydrogen (secondary N) is 1. The topological polar surface area (TPSA) is 74.1 Å². The van der Waals surface area contributed by atoms with Crippen molar-refractivity contribution in [3.63, 3.8) is 0 Å². The first-order chi connectivity index (χ1) is 8.04. The summed E-state index contributed by atoms with van der Waals surface area (Å²) in [4.78, 5) is 4.15. The highest BCUT2D eigenvalue weighted by Crippen LogP contribution is 2.36. The zero-order valence-electron chi connectivity index (χ0n) is 9.71. The number of halogens is 1. The first-order valence-corrected chi connectivity index (χ1v) is 6.56. The molecule has 98 valence electrons. The molecule has 0 aromatic carbocycles. The first-order valence-electron chi connectivity index (χ1n) is 5.68. The molecule has 7 heteroatoms.